The van der Waals surface area contributed by atoms with Gasteiger partial charge >= 0.3 is 5.97 Å². The Kier molecular flexibility index (Phi) is 13.4. The fourth-order valence-electron chi connectivity index (χ4n) is 6.75. The molecule has 3 aromatic carbocycles. The van der Waals surface area contributed by atoms with Crippen LogP contribution in [0.2, 0.25) is 0 Å². The Hall–Kier alpha value is -4.61. The minimum absolute atomic E-state index is 0.0834. The number of carbonyl (C=O) groups is 2. The smallest absolute Gasteiger partial charge is 0.302 e. The number of nitrogens with zero attached hydrogens (tertiary/aromatic N) is 3. The summed E-state index contributed by atoms with van der Waals surface area (Å²) in [6, 6.07) is 24.8. The van der Waals surface area contributed by atoms with E-state index in [0.29, 0.717) is 5.75 Å². The lowest BCUT2D eigenvalue weighted by Gasteiger charge is -2.47. The predicted octanol–water partition coefficient (Wildman–Crippen LogP) is 4.47. The molecule has 2 N–H and O–H groups in total. The van der Waals surface area contributed by atoms with Gasteiger partial charge in [-0.15, -0.1) is 0 Å². The number of ether oxygens (including phenoxy) is 10. The Labute approximate surface area is 318 Å². The second-order valence-electron chi connectivity index (χ2n) is 13.7. The van der Waals surface area contributed by atoms with Gasteiger partial charge in [0.2, 0.25) is 5.91 Å². The van der Waals surface area contributed by atoms with Crippen LogP contribution in [0.15, 0.2) is 90.0 Å². The zero-order chi connectivity index (χ0) is 39.0. The summed E-state index contributed by atoms with van der Waals surface area (Å²) in [5.74, 6) is -1.86. The van der Waals surface area contributed by atoms with Gasteiger partial charge in [0.25, 0.3) is 0 Å². The van der Waals surface area contributed by atoms with Crippen LogP contribution < -0.4 is 10.5 Å². The van der Waals surface area contributed by atoms with E-state index >= 15 is 0 Å². The maximum absolute atomic E-state index is 13.1. The molecule has 0 spiro atoms. The number of hydrogen-bond donors (Lipinski definition) is 1. The van der Waals surface area contributed by atoms with Crippen molar-refractivity contribution in [3.05, 3.63) is 112 Å². The molecule has 0 saturated carbocycles. The van der Waals surface area contributed by atoms with Gasteiger partial charge in [0, 0.05) is 11.8 Å². The summed E-state index contributed by atoms with van der Waals surface area (Å²) in [5, 5.41) is 4.11. The molecule has 16 nitrogen and oxygen atoms in total. The van der Waals surface area contributed by atoms with E-state index in [1.54, 1.807) is 33.1 Å². The topological polar surface area (TPSA) is 201 Å². The molecule has 294 valence electrons. The second-order valence-corrected chi connectivity index (χ2v) is 13.7. The van der Waals surface area contributed by atoms with Crippen LogP contribution in [0.4, 0.5) is 0 Å². The Morgan fingerprint density at radius 3 is 1.95 bits per heavy atom. The van der Waals surface area contributed by atoms with Crippen LogP contribution in [-0.4, -0.2) is 92.7 Å². The van der Waals surface area contributed by atoms with Gasteiger partial charge in [-0.25, -0.2) is 0 Å². The number of hydrogen-bond acceptors (Lipinski definition) is 13. The van der Waals surface area contributed by atoms with Gasteiger partial charge in [0.05, 0.1) is 26.9 Å². The largest absolute Gasteiger partial charge is 0.497 e. The lowest BCUT2D eigenvalue weighted by atomic mass is 9.95. The summed E-state index contributed by atoms with van der Waals surface area (Å²) in [7, 11) is 1.57. The molecule has 16 heteroatoms. The van der Waals surface area contributed by atoms with Crippen LogP contribution in [0.3, 0.4) is 0 Å². The lowest BCUT2D eigenvalue weighted by molar-refractivity contribution is -0.331. The molecular formula is C39H46N4O12. The number of rotatable bonds is 16. The minimum Gasteiger partial charge on any atom is -0.497 e. The summed E-state index contributed by atoms with van der Waals surface area (Å²) in [5.41, 5.74) is 18.3. The number of primary amides is 1. The van der Waals surface area contributed by atoms with E-state index in [9.17, 15) is 15.1 Å². The summed E-state index contributed by atoms with van der Waals surface area (Å²) in [4.78, 5) is 28.4. The molecule has 0 aromatic heterocycles. The first-order chi connectivity index (χ1) is 26.5. The normalized spacial score (nSPS) is 29.7. The molecule has 0 aliphatic carbocycles. The molecule has 0 radical (unpaired) electrons. The van der Waals surface area contributed by atoms with E-state index in [1.165, 1.54) is 6.92 Å². The number of methoxy groups -OCH3 is 1. The van der Waals surface area contributed by atoms with Crippen LogP contribution in [0.1, 0.15) is 37.5 Å². The standard InChI is InChI=1S/C39H46N4O12/c1-23(44)47-22-28-30(48-21-26-15-17-27(46-4)18-16-26)31(49-19-24-11-7-5-8-12-24)29(42-43-41)37(51-28)52-33-32(50-20-25-13-9-6-10-14-25)35-38(53-34(33)36(40)45)55-39(2,3)54-35/h5-18,28-35,37-38H,19-22H2,1-4H3,(H2,40,45)/t28-,29-,30-,31-,32+,33+,34-,35-,37-,38-/m1/s1. The molecule has 3 aliphatic heterocycles. The lowest BCUT2D eigenvalue weighted by Crippen LogP contribution is -2.66. The molecule has 10 atom stereocenters. The van der Waals surface area contributed by atoms with Gasteiger partial charge in [-0.05, 0) is 48.2 Å². The van der Waals surface area contributed by atoms with Crippen molar-refractivity contribution in [2.45, 2.75) is 108 Å². The molecule has 0 bridgehead atoms. The highest BCUT2D eigenvalue weighted by Gasteiger charge is 2.59. The van der Waals surface area contributed by atoms with E-state index in [4.69, 9.17) is 53.1 Å². The molecule has 1 amide bonds. The maximum Gasteiger partial charge on any atom is 0.302 e. The van der Waals surface area contributed by atoms with E-state index < -0.39 is 79.0 Å². The minimum atomic E-state index is -1.43. The molecule has 3 aliphatic rings. The van der Waals surface area contributed by atoms with Gasteiger partial charge in [-0.1, -0.05) is 77.9 Å². The fourth-order valence-corrected chi connectivity index (χ4v) is 6.75. The first-order valence-electron chi connectivity index (χ1n) is 17.9. The third-order valence-corrected chi connectivity index (χ3v) is 9.31. The zero-order valence-corrected chi connectivity index (χ0v) is 31.0. The number of esters is 1. The van der Waals surface area contributed by atoms with Crippen molar-refractivity contribution >= 4 is 11.9 Å². The van der Waals surface area contributed by atoms with E-state index in [0.717, 1.165) is 16.7 Å². The molecule has 3 heterocycles. The third kappa shape index (κ3) is 10.2. The highest BCUT2D eigenvalue weighted by Crippen LogP contribution is 2.41. The highest BCUT2D eigenvalue weighted by molar-refractivity contribution is 5.80. The van der Waals surface area contributed by atoms with Crippen molar-refractivity contribution in [2.75, 3.05) is 13.7 Å². The number of carbonyl (C=O) groups excluding carboxylic acids is 2. The Morgan fingerprint density at radius 2 is 1.38 bits per heavy atom. The SMILES string of the molecule is COc1ccc(CO[C@H]2[C@H](OCc3ccccc3)[C@@H](N=[N+]=[N-])[C@@H](O[C@H]3[C@H](OCc4ccccc4)[C@H]4OC(C)(C)O[C@H]4O[C@H]3C(N)=O)O[C@@H]2COC(C)=O)cc1. The van der Waals surface area contributed by atoms with Crippen molar-refractivity contribution < 1.29 is 57.0 Å². The number of nitrogens with two attached hydrogens (primary N) is 1. The Bertz CT molecular complexity index is 1760. The van der Waals surface area contributed by atoms with Crippen LogP contribution in [-0.2, 0) is 72.0 Å². The monoisotopic (exact) mass is 762 g/mol. The molecule has 0 unspecified atom stereocenters. The van der Waals surface area contributed by atoms with Crippen molar-refractivity contribution in [3.8, 4) is 5.75 Å². The number of benzene rings is 3. The summed E-state index contributed by atoms with van der Waals surface area (Å²) in [6.45, 7) is 4.68. The van der Waals surface area contributed by atoms with Crippen LogP contribution >= 0.6 is 0 Å². The van der Waals surface area contributed by atoms with Gasteiger partial charge in [-0.2, -0.15) is 0 Å². The number of azide groups is 1. The van der Waals surface area contributed by atoms with Crippen molar-refractivity contribution in [3.63, 3.8) is 0 Å². The number of amides is 1. The quantitative estimate of drug-likeness (QED) is 0.0931. The molecule has 3 aromatic rings. The van der Waals surface area contributed by atoms with E-state index in [-0.39, 0.29) is 26.4 Å². The molecule has 3 saturated heterocycles. The number of fused-ring (bicyclic) bond motifs is 1. The third-order valence-electron chi connectivity index (χ3n) is 9.31. The molecule has 3 fully saturated rings. The summed E-state index contributed by atoms with van der Waals surface area (Å²) >= 11 is 0. The Morgan fingerprint density at radius 1 is 0.800 bits per heavy atom. The fraction of sp³-hybridized carbons (Fsp3) is 0.487. The van der Waals surface area contributed by atoms with E-state index in [1.807, 2.05) is 72.8 Å². The maximum atomic E-state index is 13.1. The first kappa shape index (κ1) is 40.1. The van der Waals surface area contributed by atoms with Gasteiger partial charge in [0.15, 0.2) is 24.5 Å². The van der Waals surface area contributed by atoms with Crippen LogP contribution in [0.5, 0.6) is 5.75 Å². The van der Waals surface area contributed by atoms with Gasteiger partial charge in [0.1, 0.15) is 55.0 Å². The van der Waals surface area contributed by atoms with Gasteiger partial charge in [-0.3, -0.25) is 9.59 Å². The van der Waals surface area contributed by atoms with Gasteiger partial charge < -0.3 is 53.1 Å². The van der Waals surface area contributed by atoms with Crippen LogP contribution in [0.25, 0.3) is 10.4 Å². The summed E-state index contributed by atoms with van der Waals surface area (Å²) < 4.78 is 61.6. The summed E-state index contributed by atoms with van der Waals surface area (Å²) in [6.07, 6.45) is -10.0. The average molecular weight is 763 g/mol. The van der Waals surface area contributed by atoms with Crippen molar-refractivity contribution in [2.24, 2.45) is 10.8 Å². The molecular weight excluding hydrogens is 716 g/mol. The second kappa shape index (κ2) is 18.3. The van der Waals surface area contributed by atoms with Crippen molar-refractivity contribution in [1.29, 1.82) is 0 Å². The zero-order valence-electron chi connectivity index (χ0n) is 31.0. The van der Waals surface area contributed by atoms with E-state index in [2.05, 4.69) is 10.0 Å². The van der Waals surface area contributed by atoms with Crippen LogP contribution in [0, 0.1) is 0 Å². The highest BCUT2D eigenvalue weighted by atomic mass is 16.8. The Balaban J connectivity index is 1.35. The molecule has 55 heavy (non-hydrogen) atoms. The molecule has 6 rings (SSSR count). The predicted molar refractivity (Wildman–Crippen MR) is 193 cm³/mol. The average Bonchev–Trinajstić information content (AvgIpc) is 3.50. The van der Waals surface area contributed by atoms with Crippen molar-refractivity contribution in [1.82, 2.24) is 0 Å². The first-order valence-corrected chi connectivity index (χ1v) is 17.9.